The maximum Gasteiger partial charge on any atom is 0.417 e. The van der Waals surface area contributed by atoms with E-state index in [1.807, 2.05) is 18.4 Å². The van der Waals surface area contributed by atoms with E-state index in [0.29, 0.717) is 16.9 Å². The molecule has 0 unspecified atom stereocenters. The zero-order chi connectivity index (χ0) is 22.1. The number of imidazole rings is 1. The Morgan fingerprint density at radius 1 is 1.13 bits per heavy atom. The van der Waals surface area contributed by atoms with Gasteiger partial charge < -0.3 is 9.88 Å². The van der Waals surface area contributed by atoms with Crippen molar-refractivity contribution in [2.75, 3.05) is 11.1 Å². The zero-order valence-electron chi connectivity index (χ0n) is 16.6. The molecule has 0 atom stereocenters. The number of aromatic nitrogens is 3. The smallest absolute Gasteiger partial charge is 0.340 e. The molecule has 0 aliphatic carbocycles. The number of sulfone groups is 1. The van der Waals surface area contributed by atoms with Gasteiger partial charge >= 0.3 is 6.18 Å². The first-order valence-electron chi connectivity index (χ1n) is 9.22. The van der Waals surface area contributed by atoms with Crippen LogP contribution in [0, 0.1) is 0 Å². The molecule has 0 bridgehead atoms. The molecule has 2 heterocycles. The van der Waals surface area contributed by atoms with Gasteiger partial charge in [0.25, 0.3) is 0 Å². The summed E-state index contributed by atoms with van der Waals surface area (Å²) in [5.41, 5.74) is 0.663. The molecule has 0 saturated carbocycles. The summed E-state index contributed by atoms with van der Waals surface area (Å²) in [6.07, 6.45) is -0.309. The molecule has 6 nitrogen and oxygen atoms in total. The Hall–Kier alpha value is -2.88. The Bertz CT molecular complexity index is 1140. The third-order valence-corrected chi connectivity index (χ3v) is 6.29. The maximum atomic E-state index is 12.8. The molecule has 1 aromatic carbocycles. The number of benzene rings is 1. The van der Waals surface area contributed by atoms with E-state index in [4.69, 9.17) is 0 Å². The fourth-order valence-electron chi connectivity index (χ4n) is 2.74. The lowest BCUT2D eigenvalue weighted by Gasteiger charge is -2.13. The molecule has 3 rings (SSSR count). The molecule has 0 aliphatic rings. The van der Waals surface area contributed by atoms with E-state index in [1.165, 1.54) is 18.2 Å². The van der Waals surface area contributed by atoms with E-state index in [0.717, 1.165) is 12.3 Å². The topological polar surface area (TPSA) is 76.9 Å². The molecule has 2 aromatic heterocycles. The van der Waals surface area contributed by atoms with Gasteiger partial charge in [0.1, 0.15) is 5.82 Å². The Morgan fingerprint density at radius 2 is 1.87 bits per heavy atom. The lowest BCUT2D eigenvalue weighted by molar-refractivity contribution is -0.137. The van der Waals surface area contributed by atoms with Crippen LogP contribution in [0.1, 0.15) is 32.4 Å². The van der Waals surface area contributed by atoms with E-state index in [-0.39, 0.29) is 22.5 Å². The van der Waals surface area contributed by atoms with Gasteiger partial charge in [0.15, 0.2) is 9.84 Å². The van der Waals surface area contributed by atoms with Gasteiger partial charge in [-0.05, 0) is 44.2 Å². The highest BCUT2D eigenvalue weighted by molar-refractivity contribution is 7.91. The van der Waals surface area contributed by atoms with Crippen molar-refractivity contribution in [1.29, 1.82) is 0 Å². The van der Waals surface area contributed by atoms with Crippen LogP contribution in [0.2, 0.25) is 0 Å². The summed E-state index contributed by atoms with van der Waals surface area (Å²) in [6.45, 7) is 5.52. The summed E-state index contributed by atoms with van der Waals surface area (Å²) in [7, 11) is -3.45. The highest BCUT2D eigenvalue weighted by Gasteiger charge is 2.30. The highest BCUT2D eigenvalue weighted by atomic mass is 32.2. The van der Waals surface area contributed by atoms with Gasteiger partial charge in [-0.15, -0.1) is 0 Å². The van der Waals surface area contributed by atoms with E-state index in [2.05, 4.69) is 15.3 Å². The maximum absolute atomic E-state index is 12.8. The van der Waals surface area contributed by atoms with Crippen LogP contribution < -0.4 is 5.32 Å². The van der Waals surface area contributed by atoms with Gasteiger partial charge in [0.05, 0.1) is 28.2 Å². The molecule has 0 fully saturated rings. The lowest BCUT2D eigenvalue weighted by atomic mass is 10.1. The van der Waals surface area contributed by atoms with Gasteiger partial charge in [-0.3, -0.25) is 0 Å². The molecule has 0 radical (unpaired) electrons. The normalized spacial score (nSPS) is 12.4. The summed E-state index contributed by atoms with van der Waals surface area (Å²) in [5, 5.41) is 2.96. The molecule has 0 saturated heterocycles. The second-order valence-electron chi connectivity index (χ2n) is 6.97. The largest absolute Gasteiger partial charge is 0.417 e. The summed E-state index contributed by atoms with van der Waals surface area (Å²) in [6, 6.07) is 6.83. The van der Waals surface area contributed by atoms with Gasteiger partial charge in [-0.2, -0.15) is 13.2 Å². The van der Waals surface area contributed by atoms with Crippen LogP contribution in [0.4, 0.5) is 24.7 Å². The summed E-state index contributed by atoms with van der Waals surface area (Å²) < 4.78 is 64.8. The molecule has 3 aromatic rings. The van der Waals surface area contributed by atoms with Crippen molar-refractivity contribution < 1.29 is 21.6 Å². The van der Waals surface area contributed by atoms with Crippen LogP contribution in [0.5, 0.6) is 0 Å². The minimum atomic E-state index is -4.48. The SMILES string of the molecule is CCS(=O)(=O)c1ccc(Nc2ccc(C(F)(F)F)cn2)c(-c2cn(C(C)C)cn2)c1. The molecule has 0 aliphatic heterocycles. The number of hydrogen-bond donors (Lipinski definition) is 1. The van der Waals surface area contributed by atoms with Crippen LogP contribution in [0.15, 0.2) is 53.9 Å². The second-order valence-corrected chi connectivity index (χ2v) is 9.24. The molecule has 160 valence electrons. The summed E-state index contributed by atoms with van der Waals surface area (Å²) >= 11 is 0. The Labute approximate surface area is 172 Å². The van der Waals surface area contributed by atoms with E-state index >= 15 is 0 Å². The number of nitrogens with one attached hydrogen (secondary N) is 1. The number of nitrogens with zero attached hydrogens (tertiary/aromatic N) is 3. The van der Waals surface area contributed by atoms with Gasteiger partial charge in [0.2, 0.25) is 0 Å². The summed E-state index contributed by atoms with van der Waals surface area (Å²) in [5.74, 6) is 0.138. The fourth-order valence-corrected chi connectivity index (χ4v) is 3.64. The average Bonchev–Trinajstić information content (AvgIpc) is 3.18. The standard InChI is InChI=1S/C20H21F3N4O2S/c1-4-30(28,29)15-6-7-17(16(9-15)18-11-27(12-25-18)13(2)3)26-19-8-5-14(10-24-19)20(21,22)23/h5-13H,4H2,1-3H3,(H,24,26). The van der Waals surface area contributed by atoms with Crippen LogP contribution in [-0.2, 0) is 16.0 Å². The van der Waals surface area contributed by atoms with Gasteiger partial charge in [0, 0.05) is 29.7 Å². The molecule has 1 N–H and O–H groups in total. The van der Waals surface area contributed by atoms with Gasteiger partial charge in [-0.25, -0.2) is 18.4 Å². The molecular formula is C20H21F3N4O2S. The number of anilines is 2. The fraction of sp³-hybridized carbons (Fsp3) is 0.300. The van der Waals surface area contributed by atoms with Crippen molar-refractivity contribution >= 4 is 21.3 Å². The first kappa shape index (κ1) is 21.8. The monoisotopic (exact) mass is 438 g/mol. The van der Waals surface area contributed by atoms with Gasteiger partial charge in [-0.1, -0.05) is 6.92 Å². The van der Waals surface area contributed by atoms with Crippen molar-refractivity contribution in [3.8, 4) is 11.3 Å². The van der Waals surface area contributed by atoms with Crippen molar-refractivity contribution in [1.82, 2.24) is 14.5 Å². The summed E-state index contributed by atoms with van der Waals surface area (Å²) in [4.78, 5) is 8.33. The van der Waals surface area contributed by atoms with Crippen molar-refractivity contribution in [2.45, 2.75) is 37.9 Å². The third kappa shape index (κ3) is 4.64. The molecule has 0 amide bonds. The zero-order valence-corrected chi connectivity index (χ0v) is 17.4. The number of hydrogen-bond acceptors (Lipinski definition) is 5. The van der Waals surface area contributed by atoms with Crippen LogP contribution in [0.25, 0.3) is 11.3 Å². The van der Waals surface area contributed by atoms with Crippen molar-refractivity contribution in [3.05, 3.63) is 54.6 Å². The molecular weight excluding hydrogens is 417 g/mol. The first-order chi connectivity index (χ1) is 14.0. The molecule has 10 heteroatoms. The minimum absolute atomic E-state index is 0.0554. The number of halogens is 3. The molecule has 30 heavy (non-hydrogen) atoms. The van der Waals surface area contributed by atoms with E-state index < -0.39 is 21.6 Å². The predicted molar refractivity (Wildman–Crippen MR) is 108 cm³/mol. The van der Waals surface area contributed by atoms with Crippen molar-refractivity contribution in [3.63, 3.8) is 0 Å². The Morgan fingerprint density at radius 3 is 2.40 bits per heavy atom. The number of rotatable bonds is 6. The minimum Gasteiger partial charge on any atom is -0.340 e. The Kier molecular flexibility index (Phi) is 5.89. The first-order valence-corrected chi connectivity index (χ1v) is 10.9. The highest BCUT2D eigenvalue weighted by Crippen LogP contribution is 2.33. The van der Waals surface area contributed by atoms with Crippen LogP contribution in [0.3, 0.4) is 0 Å². The molecule has 0 spiro atoms. The Balaban J connectivity index is 2.04. The van der Waals surface area contributed by atoms with E-state index in [9.17, 15) is 21.6 Å². The predicted octanol–water partition coefficient (Wildman–Crippen LogP) is 5.08. The lowest BCUT2D eigenvalue weighted by Crippen LogP contribution is -2.07. The van der Waals surface area contributed by atoms with E-state index in [1.54, 1.807) is 25.5 Å². The quantitative estimate of drug-likeness (QED) is 0.581. The van der Waals surface area contributed by atoms with Crippen molar-refractivity contribution in [2.24, 2.45) is 0 Å². The number of alkyl halides is 3. The third-order valence-electron chi connectivity index (χ3n) is 4.56. The average molecular weight is 438 g/mol. The van der Waals surface area contributed by atoms with Crippen LogP contribution in [-0.4, -0.2) is 28.7 Å². The number of pyridine rings is 1. The van der Waals surface area contributed by atoms with Crippen LogP contribution >= 0.6 is 0 Å². The second kappa shape index (κ2) is 8.10.